The highest BCUT2D eigenvalue weighted by Gasteiger charge is 2.33. The summed E-state index contributed by atoms with van der Waals surface area (Å²) in [6.45, 7) is 1.20. The molecular weight excluding hydrogens is 378 g/mol. The van der Waals surface area contributed by atoms with Gasteiger partial charge < -0.3 is 9.64 Å². The van der Waals surface area contributed by atoms with Crippen LogP contribution in [-0.2, 0) is 0 Å². The summed E-state index contributed by atoms with van der Waals surface area (Å²) in [6, 6.07) is 22.7. The molecule has 3 heterocycles. The Kier molecular flexibility index (Phi) is 4.69. The Morgan fingerprint density at radius 2 is 1.80 bits per heavy atom. The number of carbonyl (C=O) groups excluding carboxylic acids is 1. The number of carbonyl (C=O) groups is 1. The first-order valence-corrected chi connectivity index (χ1v) is 9.72. The van der Waals surface area contributed by atoms with E-state index < -0.39 is 0 Å². The third-order valence-electron chi connectivity index (χ3n) is 5.04. The Balaban J connectivity index is 1.23. The average Bonchev–Trinajstić information content (AvgIpc) is 3.24. The first-order chi connectivity index (χ1) is 14.8. The maximum Gasteiger partial charge on any atom is 0.254 e. The number of likely N-dealkylation sites (tertiary alicyclic amines) is 1. The Labute approximate surface area is 173 Å². The Morgan fingerprint density at radius 3 is 2.60 bits per heavy atom. The molecule has 148 valence electrons. The number of ether oxygens (including phenoxy) is 1. The summed E-state index contributed by atoms with van der Waals surface area (Å²) >= 11 is 0. The van der Waals surface area contributed by atoms with Crippen LogP contribution in [0.1, 0.15) is 16.4 Å². The molecule has 2 aromatic heterocycles. The summed E-state index contributed by atoms with van der Waals surface area (Å²) in [5.41, 5.74) is 2.45. The summed E-state index contributed by atoms with van der Waals surface area (Å²) in [4.78, 5) is 18.8. The topological polar surface area (TPSA) is 73.1 Å². The zero-order chi connectivity index (χ0) is 20.3. The van der Waals surface area contributed by atoms with Crippen molar-refractivity contribution in [2.75, 3.05) is 13.1 Å². The van der Waals surface area contributed by atoms with E-state index in [1.54, 1.807) is 29.3 Å². The molecule has 5 rings (SSSR count). The number of amides is 1. The third kappa shape index (κ3) is 3.65. The van der Waals surface area contributed by atoms with E-state index in [0.717, 1.165) is 11.3 Å². The predicted octanol–water partition coefficient (Wildman–Crippen LogP) is 3.83. The fourth-order valence-electron chi connectivity index (χ4n) is 3.39. The van der Waals surface area contributed by atoms with Gasteiger partial charge in [0.2, 0.25) is 5.88 Å². The fraction of sp³-hybridized carbons (Fsp3) is 0.130. The molecule has 7 nitrogen and oxygen atoms in total. The van der Waals surface area contributed by atoms with Gasteiger partial charge in [-0.3, -0.25) is 4.79 Å². The molecule has 7 heteroatoms. The lowest BCUT2D eigenvalue weighted by Crippen LogP contribution is -2.50. The van der Waals surface area contributed by atoms with Crippen LogP contribution in [-0.4, -0.2) is 43.9 Å². The molecule has 0 spiro atoms. The molecule has 4 aromatic rings. The highest BCUT2D eigenvalue weighted by Crippen LogP contribution is 2.26. The molecule has 1 fully saturated rings. The fourth-order valence-corrected chi connectivity index (χ4v) is 3.39. The number of hydrogen-bond donors (Lipinski definition) is 0. The molecule has 1 aliphatic heterocycles. The van der Waals surface area contributed by atoms with Crippen molar-refractivity contribution in [2.45, 2.75) is 6.04 Å². The normalized spacial score (nSPS) is 13.7. The molecule has 0 bridgehead atoms. The quantitative estimate of drug-likeness (QED) is 0.512. The van der Waals surface area contributed by atoms with Crippen molar-refractivity contribution >= 4 is 5.91 Å². The smallest absolute Gasteiger partial charge is 0.254 e. The lowest BCUT2D eigenvalue weighted by Gasteiger charge is -2.38. The largest absolute Gasteiger partial charge is 0.439 e. The second-order valence-electron chi connectivity index (χ2n) is 7.11. The van der Waals surface area contributed by atoms with Crippen LogP contribution in [0.3, 0.4) is 0 Å². The van der Waals surface area contributed by atoms with Crippen LogP contribution < -0.4 is 4.74 Å². The van der Waals surface area contributed by atoms with Crippen molar-refractivity contribution < 1.29 is 9.53 Å². The van der Waals surface area contributed by atoms with Crippen LogP contribution in [0, 0.1) is 0 Å². The highest BCUT2D eigenvalue weighted by molar-refractivity contribution is 5.95. The summed E-state index contributed by atoms with van der Waals surface area (Å²) in [5.74, 6) is 1.05. The van der Waals surface area contributed by atoms with Gasteiger partial charge in [-0.2, -0.15) is 0 Å². The van der Waals surface area contributed by atoms with E-state index in [1.807, 2.05) is 65.5 Å². The van der Waals surface area contributed by atoms with Gasteiger partial charge in [-0.15, -0.1) is 5.10 Å². The number of rotatable bonds is 5. The van der Waals surface area contributed by atoms with Crippen molar-refractivity contribution in [3.8, 4) is 22.9 Å². The van der Waals surface area contributed by atoms with E-state index in [1.165, 1.54) is 0 Å². The van der Waals surface area contributed by atoms with Crippen molar-refractivity contribution in [2.24, 2.45) is 0 Å². The lowest BCUT2D eigenvalue weighted by molar-refractivity contribution is 0.0498. The van der Waals surface area contributed by atoms with Crippen molar-refractivity contribution in [1.29, 1.82) is 0 Å². The lowest BCUT2D eigenvalue weighted by atomic mass is 10.1. The SMILES string of the molecule is O=C(c1cccc(Oc2ccccn2)c1)N1CC(n2cc(-c3ccccc3)nn2)C1. The van der Waals surface area contributed by atoms with Crippen molar-refractivity contribution in [3.63, 3.8) is 0 Å². The summed E-state index contributed by atoms with van der Waals surface area (Å²) < 4.78 is 7.57. The first kappa shape index (κ1) is 18.1. The van der Waals surface area contributed by atoms with Crippen molar-refractivity contribution in [3.05, 3.63) is 90.8 Å². The van der Waals surface area contributed by atoms with E-state index in [4.69, 9.17) is 4.74 Å². The van der Waals surface area contributed by atoms with Gasteiger partial charge in [-0.05, 0) is 24.3 Å². The van der Waals surface area contributed by atoms with Crippen molar-refractivity contribution in [1.82, 2.24) is 24.9 Å². The molecule has 0 aliphatic carbocycles. The van der Waals surface area contributed by atoms with Gasteiger partial charge in [0.15, 0.2) is 0 Å². The van der Waals surface area contributed by atoms with Gasteiger partial charge in [0.1, 0.15) is 11.4 Å². The van der Waals surface area contributed by atoms with Gasteiger partial charge in [0, 0.05) is 36.5 Å². The maximum atomic E-state index is 12.8. The number of nitrogens with zero attached hydrogens (tertiary/aromatic N) is 5. The standard InChI is InChI=1S/C23H19N5O2/c29-23(18-9-6-10-20(13-18)30-22-11-4-5-12-24-22)27-14-19(15-27)28-16-21(25-26-28)17-7-2-1-3-8-17/h1-13,16,19H,14-15H2. The number of benzene rings is 2. The second kappa shape index (κ2) is 7.79. The number of pyridine rings is 1. The Morgan fingerprint density at radius 1 is 0.967 bits per heavy atom. The molecule has 1 saturated heterocycles. The second-order valence-corrected chi connectivity index (χ2v) is 7.11. The maximum absolute atomic E-state index is 12.8. The van der Waals surface area contributed by atoms with E-state index in [0.29, 0.717) is 30.3 Å². The van der Waals surface area contributed by atoms with Crippen LogP contribution in [0.2, 0.25) is 0 Å². The summed E-state index contributed by atoms with van der Waals surface area (Å²) in [7, 11) is 0. The third-order valence-corrected chi connectivity index (χ3v) is 5.04. The minimum Gasteiger partial charge on any atom is -0.439 e. The number of hydrogen-bond acceptors (Lipinski definition) is 5. The molecule has 0 N–H and O–H groups in total. The minimum absolute atomic E-state index is 0.0267. The molecule has 0 unspecified atom stereocenters. The van der Waals surface area contributed by atoms with E-state index >= 15 is 0 Å². The van der Waals surface area contributed by atoms with Crippen LogP contribution in [0.4, 0.5) is 0 Å². The van der Waals surface area contributed by atoms with Gasteiger partial charge in [0.25, 0.3) is 5.91 Å². The van der Waals surface area contributed by atoms with E-state index in [-0.39, 0.29) is 11.9 Å². The van der Waals surface area contributed by atoms with Gasteiger partial charge in [-0.25, -0.2) is 9.67 Å². The van der Waals surface area contributed by atoms with E-state index in [9.17, 15) is 4.79 Å². The predicted molar refractivity (Wildman–Crippen MR) is 111 cm³/mol. The van der Waals surface area contributed by atoms with E-state index in [2.05, 4.69) is 15.3 Å². The minimum atomic E-state index is -0.0267. The van der Waals surface area contributed by atoms with Gasteiger partial charge in [0.05, 0.1) is 12.2 Å². The molecule has 30 heavy (non-hydrogen) atoms. The summed E-state index contributed by atoms with van der Waals surface area (Å²) in [5, 5.41) is 8.50. The zero-order valence-corrected chi connectivity index (χ0v) is 16.1. The molecule has 2 aromatic carbocycles. The molecule has 0 saturated carbocycles. The molecule has 0 radical (unpaired) electrons. The summed E-state index contributed by atoms with van der Waals surface area (Å²) in [6.07, 6.45) is 3.60. The highest BCUT2D eigenvalue weighted by atomic mass is 16.5. The van der Waals surface area contributed by atoms with Crippen LogP contribution in [0.15, 0.2) is 85.2 Å². The first-order valence-electron chi connectivity index (χ1n) is 9.72. The molecular formula is C23H19N5O2. The molecule has 1 aliphatic rings. The van der Waals surface area contributed by atoms with Gasteiger partial charge >= 0.3 is 0 Å². The average molecular weight is 397 g/mol. The molecule has 0 atom stereocenters. The van der Waals surface area contributed by atoms with Gasteiger partial charge in [-0.1, -0.05) is 47.7 Å². The Hall–Kier alpha value is -4.00. The molecule has 1 amide bonds. The zero-order valence-electron chi connectivity index (χ0n) is 16.1. The monoisotopic (exact) mass is 397 g/mol. The van der Waals surface area contributed by atoms with Crippen LogP contribution in [0.5, 0.6) is 11.6 Å². The number of aromatic nitrogens is 4. The Bertz CT molecular complexity index is 1150. The van der Waals surface area contributed by atoms with Crippen LogP contribution >= 0.6 is 0 Å². The van der Waals surface area contributed by atoms with Crippen LogP contribution in [0.25, 0.3) is 11.3 Å².